The smallest absolute Gasteiger partial charge is 0.268 e. The molecule has 8 heteroatoms. The Bertz CT molecular complexity index is 1860. The van der Waals surface area contributed by atoms with Gasteiger partial charge in [-0.05, 0) is 53.3 Å². The van der Waals surface area contributed by atoms with E-state index >= 15 is 0 Å². The molecule has 240 valence electrons. The van der Waals surface area contributed by atoms with Crippen LogP contribution in [0.4, 0.5) is 11.4 Å². The van der Waals surface area contributed by atoms with Crippen molar-refractivity contribution in [2.24, 2.45) is 11.8 Å². The Morgan fingerprint density at radius 1 is 0.936 bits per heavy atom. The molecule has 0 aliphatic carbocycles. The minimum absolute atomic E-state index is 0.0403. The molecule has 2 aliphatic heterocycles. The Labute approximate surface area is 275 Å². The van der Waals surface area contributed by atoms with Crippen LogP contribution < -0.4 is 9.64 Å². The largest absolute Gasteiger partial charge is 0.497 e. The lowest BCUT2D eigenvalue weighted by Crippen LogP contribution is -2.44. The maximum absolute atomic E-state index is 14.9. The number of hydrogen-bond donors (Lipinski definition) is 1. The van der Waals surface area contributed by atoms with E-state index in [0.29, 0.717) is 18.7 Å². The van der Waals surface area contributed by atoms with Crippen LogP contribution in [0.5, 0.6) is 5.75 Å². The minimum Gasteiger partial charge on any atom is -0.497 e. The topological polar surface area (TPSA) is 89.7 Å². The van der Waals surface area contributed by atoms with E-state index in [1.165, 1.54) is 0 Å². The molecule has 0 saturated carbocycles. The molecule has 5 atom stereocenters. The van der Waals surface area contributed by atoms with E-state index in [1.807, 2.05) is 102 Å². The van der Waals surface area contributed by atoms with Crippen molar-refractivity contribution in [1.82, 2.24) is 15.0 Å². The lowest BCUT2D eigenvalue weighted by Gasteiger charge is -2.38. The number of nitrogens with zero attached hydrogens (tertiary/aromatic N) is 4. The van der Waals surface area contributed by atoms with Gasteiger partial charge >= 0.3 is 0 Å². The van der Waals surface area contributed by atoms with Gasteiger partial charge < -0.3 is 14.6 Å². The summed E-state index contributed by atoms with van der Waals surface area (Å²) in [6.45, 7) is 7.17. The second-order valence-electron chi connectivity index (χ2n) is 13.2. The van der Waals surface area contributed by atoms with Gasteiger partial charge in [-0.3, -0.25) is 14.4 Å². The SMILES string of the molecule is COc1ccc(C(C)(C)[C@H]2[C@H](CCn3cc([C@H](O)c4ccccc4)nn3)O[C@@]3(C(=O)N(c4ccccc4)c4ccccc43)[C@@H]2C)cc1. The number of aryl methyl sites for hydroxylation is 1. The van der Waals surface area contributed by atoms with E-state index in [4.69, 9.17) is 9.47 Å². The zero-order valence-electron chi connectivity index (χ0n) is 27.2. The van der Waals surface area contributed by atoms with Crippen molar-refractivity contribution in [3.63, 3.8) is 0 Å². The summed E-state index contributed by atoms with van der Waals surface area (Å²) in [6, 6.07) is 35.5. The highest BCUT2D eigenvalue weighted by atomic mass is 16.5. The zero-order valence-corrected chi connectivity index (χ0v) is 27.2. The van der Waals surface area contributed by atoms with E-state index < -0.39 is 11.7 Å². The average molecular weight is 629 g/mol. The fraction of sp³-hybridized carbons (Fsp3) is 0.308. The number of ether oxygens (including phenoxy) is 2. The van der Waals surface area contributed by atoms with Crippen LogP contribution in [0.1, 0.15) is 55.7 Å². The van der Waals surface area contributed by atoms with E-state index in [9.17, 15) is 9.90 Å². The van der Waals surface area contributed by atoms with Crippen LogP contribution in [0.2, 0.25) is 0 Å². The lowest BCUT2D eigenvalue weighted by molar-refractivity contribution is -0.145. The Morgan fingerprint density at radius 3 is 2.30 bits per heavy atom. The second-order valence-corrected chi connectivity index (χ2v) is 13.2. The van der Waals surface area contributed by atoms with Gasteiger partial charge in [0, 0.05) is 29.6 Å². The van der Waals surface area contributed by atoms with Crippen molar-refractivity contribution in [2.75, 3.05) is 12.0 Å². The molecule has 47 heavy (non-hydrogen) atoms. The van der Waals surface area contributed by atoms with Crippen molar-refractivity contribution < 1.29 is 19.4 Å². The molecule has 0 bridgehead atoms. The Morgan fingerprint density at radius 2 is 1.60 bits per heavy atom. The van der Waals surface area contributed by atoms with E-state index in [2.05, 4.69) is 43.2 Å². The quantitative estimate of drug-likeness (QED) is 0.190. The summed E-state index contributed by atoms with van der Waals surface area (Å²) in [6.07, 6.45) is 1.24. The molecule has 1 spiro atoms. The molecule has 1 N–H and O–H groups in total. The summed E-state index contributed by atoms with van der Waals surface area (Å²) in [4.78, 5) is 16.7. The average Bonchev–Trinajstić information content (AvgIpc) is 3.77. The third-order valence-corrected chi connectivity index (χ3v) is 10.3. The third kappa shape index (κ3) is 5.12. The van der Waals surface area contributed by atoms with Gasteiger partial charge in [0.15, 0.2) is 5.60 Å². The standard InChI is InChI=1S/C39H40N4O4/c1-26-35(38(2,3)28-19-21-30(46-4)22-20-28)34(23-24-42-25-32(40-41-42)36(44)27-13-7-5-8-14-27)47-39(26)31-17-11-12-18-33(31)43(37(39)45)29-15-9-6-10-16-29/h5-22,25-26,34-36,44H,23-24H2,1-4H3/t26-,34+,35-,36-,39+/m1/s1. The van der Waals surface area contributed by atoms with Crippen molar-refractivity contribution in [1.29, 1.82) is 0 Å². The molecular weight excluding hydrogens is 588 g/mol. The van der Waals surface area contributed by atoms with Gasteiger partial charge in [-0.15, -0.1) is 5.10 Å². The summed E-state index contributed by atoms with van der Waals surface area (Å²) < 4.78 is 14.4. The first-order chi connectivity index (χ1) is 22.8. The zero-order chi connectivity index (χ0) is 32.8. The van der Waals surface area contributed by atoms with Crippen molar-refractivity contribution >= 4 is 17.3 Å². The highest BCUT2D eigenvalue weighted by Gasteiger charge is 2.66. The van der Waals surface area contributed by atoms with E-state index in [1.54, 1.807) is 18.0 Å². The predicted octanol–water partition coefficient (Wildman–Crippen LogP) is 6.96. The first kappa shape index (κ1) is 30.8. The maximum atomic E-state index is 14.9. The summed E-state index contributed by atoms with van der Waals surface area (Å²) in [5.41, 5.74) is 3.43. The molecule has 1 amide bonds. The number of aliphatic hydroxyl groups excluding tert-OH is 1. The molecular formula is C39H40N4O4. The Balaban J connectivity index is 1.26. The normalized spacial score (nSPS) is 22.9. The highest BCUT2D eigenvalue weighted by Crippen LogP contribution is 2.60. The molecule has 2 aliphatic rings. The molecule has 4 aromatic carbocycles. The van der Waals surface area contributed by atoms with Gasteiger partial charge in [-0.1, -0.05) is 105 Å². The molecule has 8 nitrogen and oxygen atoms in total. The Kier molecular flexibility index (Phi) is 7.94. The number of aliphatic hydroxyl groups is 1. The number of hydrogen-bond acceptors (Lipinski definition) is 6. The Hall–Kier alpha value is -4.79. The number of amides is 1. The third-order valence-electron chi connectivity index (χ3n) is 10.3. The van der Waals surface area contributed by atoms with Crippen molar-refractivity contribution in [3.8, 4) is 5.75 Å². The van der Waals surface area contributed by atoms with Gasteiger partial charge in [0.25, 0.3) is 5.91 Å². The lowest BCUT2D eigenvalue weighted by atomic mass is 9.63. The molecule has 1 saturated heterocycles. The first-order valence-electron chi connectivity index (χ1n) is 16.2. The van der Waals surface area contributed by atoms with Gasteiger partial charge in [0.2, 0.25) is 0 Å². The fourth-order valence-electron chi connectivity index (χ4n) is 7.91. The van der Waals surface area contributed by atoms with Crippen LogP contribution in [-0.4, -0.2) is 39.2 Å². The number of rotatable bonds is 9. The number of fused-ring (bicyclic) bond motifs is 2. The number of para-hydroxylation sites is 2. The first-order valence-corrected chi connectivity index (χ1v) is 16.2. The number of methoxy groups -OCH3 is 1. The molecule has 7 rings (SSSR count). The molecule has 5 aromatic rings. The van der Waals surface area contributed by atoms with Crippen LogP contribution in [0.25, 0.3) is 0 Å². The molecule has 1 aromatic heterocycles. The molecule has 0 unspecified atom stereocenters. The van der Waals surface area contributed by atoms with Crippen LogP contribution in [-0.2, 0) is 27.1 Å². The van der Waals surface area contributed by atoms with Gasteiger partial charge in [-0.2, -0.15) is 0 Å². The fourth-order valence-corrected chi connectivity index (χ4v) is 7.91. The number of carbonyl (C=O) groups is 1. The van der Waals surface area contributed by atoms with Crippen LogP contribution >= 0.6 is 0 Å². The van der Waals surface area contributed by atoms with E-state index in [-0.39, 0.29) is 29.3 Å². The summed E-state index contributed by atoms with van der Waals surface area (Å²) in [5.74, 6) is 0.524. The number of carbonyl (C=O) groups excluding carboxylic acids is 1. The van der Waals surface area contributed by atoms with Gasteiger partial charge in [-0.25, -0.2) is 0 Å². The summed E-state index contributed by atoms with van der Waals surface area (Å²) >= 11 is 0. The molecule has 0 radical (unpaired) electrons. The molecule has 1 fully saturated rings. The predicted molar refractivity (Wildman–Crippen MR) is 180 cm³/mol. The minimum atomic E-state index is -1.16. The number of anilines is 2. The summed E-state index contributed by atoms with van der Waals surface area (Å²) in [5, 5.41) is 19.6. The number of aromatic nitrogens is 3. The highest BCUT2D eigenvalue weighted by molar-refractivity contribution is 6.12. The van der Waals surface area contributed by atoms with Crippen molar-refractivity contribution in [3.05, 3.63) is 138 Å². The van der Waals surface area contributed by atoms with E-state index in [0.717, 1.165) is 33.8 Å². The van der Waals surface area contributed by atoms with Gasteiger partial charge in [0.1, 0.15) is 17.5 Å². The molecule has 3 heterocycles. The monoisotopic (exact) mass is 628 g/mol. The van der Waals surface area contributed by atoms with Crippen LogP contribution in [0.3, 0.4) is 0 Å². The van der Waals surface area contributed by atoms with Gasteiger partial charge in [0.05, 0.1) is 25.1 Å². The second kappa shape index (κ2) is 12.1. The maximum Gasteiger partial charge on any atom is 0.268 e. The van der Waals surface area contributed by atoms with Crippen LogP contribution in [0, 0.1) is 11.8 Å². The number of benzene rings is 4. The summed E-state index contributed by atoms with van der Waals surface area (Å²) in [7, 11) is 1.67. The van der Waals surface area contributed by atoms with Crippen LogP contribution in [0.15, 0.2) is 115 Å². The van der Waals surface area contributed by atoms with Crippen molar-refractivity contribution in [2.45, 2.75) is 57.0 Å².